The van der Waals surface area contributed by atoms with Crippen LogP contribution in [0.4, 0.5) is 4.39 Å². The van der Waals surface area contributed by atoms with Gasteiger partial charge >= 0.3 is 288 Å². The van der Waals surface area contributed by atoms with Crippen molar-refractivity contribution < 1.29 is 39.9 Å². The molecule has 0 spiro atoms. The SMILES string of the molecule is [2H]c1c[c]([Ge]([CH3])([CH3])[CH3])cc(C([2H])([2H])[2H])c1-c1cc(-c2[c-]ccc3c2oc2c([2H])c(C#N)ccc23)ncc1C([2H])([2H])[2H].[CH3][Ge]([CH3])([CH3])[c]1ccc(-c2[c-]cc(F)cc2)nc1.[Ir]. The molecule has 0 bridgehead atoms. The molecule has 0 unspecified atom stereocenters. The average Bonchev–Trinajstić information content (AvgIpc) is 3.53. The molecule has 0 aliphatic rings. The van der Waals surface area contributed by atoms with Crippen LogP contribution in [0.25, 0.3) is 55.6 Å². The van der Waals surface area contributed by atoms with E-state index in [2.05, 4.69) is 62.7 Å². The third-order valence-corrected chi connectivity index (χ3v) is 16.9. The molecule has 0 N–H and O–H groups in total. The number of rotatable bonds is 5. The molecule has 0 atom stereocenters. The summed E-state index contributed by atoms with van der Waals surface area (Å²) in [5, 5.41) is 10.6. The summed E-state index contributed by atoms with van der Waals surface area (Å²) in [6.07, 6.45) is 3.14. The molecule has 51 heavy (non-hydrogen) atoms. The first kappa shape index (κ1) is 28.7. The zero-order chi connectivity index (χ0) is 42.5. The van der Waals surface area contributed by atoms with Crippen molar-refractivity contribution in [3.05, 3.63) is 132 Å². The summed E-state index contributed by atoms with van der Waals surface area (Å²) in [6, 6.07) is 27.9. The van der Waals surface area contributed by atoms with Crippen molar-refractivity contribution in [3.63, 3.8) is 0 Å². The minimum absolute atomic E-state index is 0. The Labute approximate surface area is 330 Å². The number of pyridine rings is 2. The molecule has 8 heteroatoms. The van der Waals surface area contributed by atoms with Gasteiger partial charge in [-0.2, -0.15) is 5.26 Å². The van der Waals surface area contributed by atoms with Crippen LogP contribution in [0, 0.1) is 43.0 Å². The molecule has 0 aliphatic carbocycles. The summed E-state index contributed by atoms with van der Waals surface area (Å²) >= 11 is -4.35. The summed E-state index contributed by atoms with van der Waals surface area (Å²) in [6.45, 7) is -5.24. The van der Waals surface area contributed by atoms with Crippen molar-refractivity contribution in [2.45, 2.75) is 48.2 Å². The van der Waals surface area contributed by atoms with E-state index in [1.807, 2.05) is 18.3 Å². The predicted octanol–water partition coefficient (Wildman–Crippen LogP) is 10.4. The van der Waals surface area contributed by atoms with Crippen molar-refractivity contribution in [1.82, 2.24) is 9.97 Å². The first-order valence-electron chi connectivity index (χ1n) is 20.1. The zero-order valence-corrected chi connectivity index (χ0v) is 35.6. The van der Waals surface area contributed by atoms with E-state index in [-0.39, 0.29) is 77.1 Å². The van der Waals surface area contributed by atoms with Crippen molar-refractivity contribution in [2.75, 3.05) is 0 Å². The van der Waals surface area contributed by atoms with Crippen molar-refractivity contribution in [3.8, 4) is 39.7 Å². The molecule has 7 aromatic rings. The Kier molecular flexibility index (Phi) is 8.66. The molecule has 3 aromatic heterocycles. The van der Waals surface area contributed by atoms with E-state index in [1.54, 1.807) is 42.5 Å². The van der Waals surface area contributed by atoms with Gasteiger partial charge in [-0.3, -0.25) is 0 Å². The summed E-state index contributed by atoms with van der Waals surface area (Å²) in [7, 11) is 0. The minimum Gasteiger partial charge on any atom is 0 e. The average molecular weight is 979 g/mol. The van der Waals surface area contributed by atoms with Gasteiger partial charge in [0.2, 0.25) is 0 Å². The first-order valence-corrected chi connectivity index (χ1v) is 30.8. The number of hydrogen-bond donors (Lipinski definition) is 0. The van der Waals surface area contributed by atoms with Crippen LogP contribution in [0.2, 0.25) is 34.5 Å². The quantitative estimate of drug-likeness (QED) is 0.127. The fourth-order valence-electron chi connectivity index (χ4n) is 5.44. The molecule has 3 heterocycles. The molecule has 1 radical (unpaired) electrons. The van der Waals surface area contributed by atoms with E-state index in [9.17, 15) is 9.65 Å². The molecule has 0 saturated heterocycles. The second-order valence-electron chi connectivity index (χ2n) is 14.1. The van der Waals surface area contributed by atoms with Gasteiger partial charge in [-0.15, -0.1) is 0 Å². The van der Waals surface area contributed by atoms with Crippen LogP contribution in [0.5, 0.6) is 0 Å². The largest absolute Gasteiger partial charge is 0 e. The number of aryl methyl sites for hydroxylation is 2. The number of furan rings is 1. The van der Waals surface area contributed by atoms with Crippen LogP contribution in [0.3, 0.4) is 0 Å². The molecule has 0 fully saturated rings. The van der Waals surface area contributed by atoms with Crippen LogP contribution in [0.1, 0.15) is 27.7 Å². The van der Waals surface area contributed by atoms with Crippen LogP contribution in [0.15, 0.2) is 102 Å². The molecule has 0 amide bonds. The topological polar surface area (TPSA) is 62.7 Å². The van der Waals surface area contributed by atoms with Crippen LogP contribution >= 0.6 is 0 Å². The van der Waals surface area contributed by atoms with Crippen LogP contribution in [-0.2, 0) is 20.1 Å². The zero-order valence-electron chi connectivity index (χ0n) is 37.0. The van der Waals surface area contributed by atoms with Gasteiger partial charge in [0, 0.05) is 20.1 Å². The number of fused-ring (bicyclic) bond motifs is 3. The van der Waals surface area contributed by atoms with E-state index in [0.717, 1.165) is 15.7 Å². The number of nitrogens with zero attached hydrogens (tertiary/aromatic N) is 3. The maximum absolute atomic E-state index is 12.8. The monoisotopic (exact) mass is 982 g/mol. The Balaban J connectivity index is 0.000000307. The Bertz CT molecular complexity index is 2720. The second-order valence-corrected chi connectivity index (χ2v) is 35.4. The van der Waals surface area contributed by atoms with E-state index < -0.39 is 40.2 Å². The predicted molar refractivity (Wildman–Crippen MR) is 210 cm³/mol. The molecule has 259 valence electrons. The number of nitriles is 1. The van der Waals surface area contributed by atoms with E-state index in [1.165, 1.54) is 28.8 Å². The maximum Gasteiger partial charge on any atom is 0 e. The van der Waals surface area contributed by atoms with Gasteiger partial charge in [0.15, 0.2) is 0 Å². The standard InChI is InChI=1S/C29H25GeN2O.C14H15FGeN.Ir/c1-18-13-21(30(3,4)5)10-12-22(18)26-15-27(32-17-19(26)2)25-8-6-7-24-23-11-9-20(16-31)14-28(23)33-29(24)25;1-16(2,3)13-8-9-14(17-10-13)11-4-6-12(15)7-5-11;/h6-7,9-15,17H,1-5H3;4,6-10H,1-3H3;/q2*-1;/i1D3,2D3,12D,14D;;. The van der Waals surface area contributed by atoms with Gasteiger partial charge < -0.3 is 0 Å². The Morgan fingerprint density at radius 1 is 0.804 bits per heavy atom. The summed E-state index contributed by atoms with van der Waals surface area (Å²) in [4.78, 5) is 8.85. The Hall–Kier alpha value is -3.86. The van der Waals surface area contributed by atoms with E-state index in [0.29, 0.717) is 21.9 Å². The van der Waals surface area contributed by atoms with Crippen LogP contribution < -0.4 is 8.79 Å². The van der Waals surface area contributed by atoms with Gasteiger partial charge in [-0.05, 0) is 6.07 Å². The summed E-state index contributed by atoms with van der Waals surface area (Å²) in [5.74, 6) is 13.0. The maximum atomic E-state index is 12.8. The summed E-state index contributed by atoms with van der Waals surface area (Å²) < 4.78 is 87.7. The van der Waals surface area contributed by atoms with Crippen molar-refractivity contribution in [1.29, 1.82) is 5.26 Å². The fraction of sp³-hybridized carbons (Fsp3) is 0.186. The van der Waals surface area contributed by atoms with Gasteiger partial charge in [0.05, 0.1) is 13.0 Å². The normalized spacial score (nSPS) is 14.2. The number of hydrogen-bond acceptors (Lipinski definition) is 4. The van der Waals surface area contributed by atoms with Crippen molar-refractivity contribution >= 4 is 57.3 Å². The van der Waals surface area contributed by atoms with Gasteiger partial charge in [0.25, 0.3) is 0 Å². The minimum atomic E-state index is -2.64. The molecular formula is C43H40FGe2IrN3O-2. The number of halogens is 1. The second kappa shape index (κ2) is 15.4. The molecule has 7 rings (SSSR count). The van der Waals surface area contributed by atoms with Gasteiger partial charge in [-0.1, -0.05) is 0 Å². The fourth-order valence-corrected chi connectivity index (χ4v) is 9.88. The number of benzene rings is 4. The third-order valence-electron chi connectivity index (χ3n) is 8.39. The molecule has 0 saturated carbocycles. The van der Waals surface area contributed by atoms with E-state index in [4.69, 9.17) is 15.4 Å². The van der Waals surface area contributed by atoms with Crippen molar-refractivity contribution in [2.24, 2.45) is 0 Å². The molecule has 0 aliphatic heterocycles. The Morgan fingerprint density at radius 2 is 1.57 bits per heavy atom. The number of aromatic nitrogens is 2. The first-order chi connectivity index (χ1) is 27.0. The molecule has 4 aromatic carbocycles. The van der Waals surface area contributed by atoms with Gasteiger partial charge in [0.1, 0.15) is 0 Å². The molecule has 4 nitrogen and oxygen atoms in total. The van der Waals surface area contributed by atoms with E-state index >= 15 is 0 Å². The third kappa shape index (κ3) is 8.45. The smallest absolute Gasteiger partial charge is 0 e. The van der Waals surface area contributed by atoms with Gasteiger partial charge in [-0.25, -0.2) is 0 Å². The Morgan fingerprint density at radius 3 is 2.22 bits per heavy atom. The molecular weight excluding hydrogens is 931 g/mol. The summed E-state index contributed by atoms with van der Waals surface area (Å²) in [5.41, 5.74) is 2.90. The van der Waals surface area contributed by atoms with Crippen LogP contribution in [-0.4, -0.2) is 36.5 Å².